The first-order valence-electron chi connectivity index (χ1n) is 9.53. The molecule has 1 amide bonds. The third-order valence-electron chi connectivity index (χ3n) is 4.92. The lowest BCUT2D eigenvalue weighted by atomic mass is 10.00. The van der Waals surface area contributed by atoms with Gasteiger partial charge in [0.15, 0.2) is 0 Å². The number of likely N-dealkylation sites (N-methyl/N-ethyl adjacent to an activating group) is 1. The highest BCUT2D eigenvalue weighted by Gasteiger charge is 2.28. The van der Waals surface area contributed by atoms with Crippen LogP contribution in [0.4, 0.5) is 0 Å². The molecule has 3 rings (SSSR count). The predicted molar refractivity (Wildman–Crippen MR) is 108 cm³/mol. The summed E-state index contributed by atoms with van der Waals surface area (Å²) >= 11 is 0. The zero-order valence-electron chi connectivity index (χ0n) is 16.3. The van der Waals surface area contributed by atoms with Gasteiger partial charge in [-0.3, -0.25) is 4.79 Å². The van der Waals surface area contributed by atoms with E-state index in [1.54, 1.807) is 24.0 Å². The van der Waals surface area contributed by atoms with E-state index in [9.17, 15) is 13.2 Å². The summed E-state index contributed by atoms with van der Waals surface area (Å²) in [5.41, 5.74) is 2.38. The van der Waals surface area contributed by atoms with Crippen LogP contribution in [0.2, 0.25) is 0 Å². The molecule has 0 radical (unpaired) electrons. The molecular formula is C21H26N2O4S. The van der Waals surface area contributed by atoms with E-state index in [1.165, 1.54) is 22.0 Å². The summed E-state index contributed by atoms with van der Waals surface area (Å²) in [7, 11) is -3.75. The number of rotatable bonds is 7. The van der Waals surface area contributed by atoms with Crippen molar-refractivity contribution in [3.8, 4) is 5.75 Å². The van der Waals surface area contributed by atoms with Gasteiger partial charge in [0, 0.05) is 19.6 Å². The SMILES string of the molecule is CCOc1ccc(S(=O)(=O)N(CC)CC(=O)N2CCc3ccccc3C2)cc1. The van der Waals surface area contributed by atoms with E-state index in [2.05, 4.69) is 6.07 Å². The molecule has 0 bridgehead atoms. The van der Waals surface area contributed by atoms with Gasteiger partial charge in [0.2, 0.25) is 15.9 Å². The van der Waals surface area contributed by atoms with Crippen molar-refractivity contribution < 1.29 is 17.9 Å². The van der Waals surface area contributed by atoms with Gasteiger partial charge in [-0.2, -0.15) is 4.31 Å². The molecule has 2 aromatic carbocycles. The van der Waals surface area contributed by atoms with E-state index in [4.69, 9.17) is 4.74 Å². The van der Waals surface area contributed by atoms with Gasteiger partial charge in [0.25, 0.3) is 0 Å². The van der Waals surface area contributed by atoms with E-state index in [-0.39, 0.29) is 23.9 Å². The molecule has 0 aliphatic carbocycles. The van der Waals surface area contributed by atoms with Crippen LogP contribution < -0.4 is 4.74 Å². The van der Waals surface area contributed by atoms with E-state index < -0.39 is 10.0 Å². The molecule has 0 aromatic heterocycles. The Balaban J connectivity index is 1.71. The van der Waals surface area contributed by atoms with Crippen LogP contribution in [-0.4, -0.2) is 49.8 Å². The summed E-state index contributed by atoms with van der Waals surface area (Å²) in [4.78, 5) is 14.7. The lowest BCUT2D eigenvalue weighted by Gasteiger charge is -2.30. The fourth-order valence-corrected chi connectivity index (χ4v) is 4.75. The molecule has 0 saturated heterocycles. The van der Waals surface area contributed by atoms with Crippen LogP contribution in [0.1, 0.15) is 25.0 Å². The maximum Gasteiger partial charge on any atom is 0.243 e. The Morgan fingerprint density at radius 2 is 1.75 bits per heavy atom. The molecule has 28 heavy (non-hydrogen) atoms. The number of carbonyl (C=O) groups is 1. The number of sulfonamides is 1. The molecule has 150 valence electrons. The quantitative estimate of drug-likeness (QED) is 0.714. The first kappa shape index (κ1) is 20.4. The van der Waals surface area contributed by atoms with Gasteiger partial charge in [0.1, 0.15) is 5.75 Å². The fourth-order valence-electron chi connectivity index (χ4n) is 3.35. The Labute approximate surface area is 166 Å². The average Bonchev–Trinajstić information content (AvgIpc) is 2.72. The van der Waals surface area contributed by atoms with Crippen LogP contribution in [0.5, 0.6) is 5.75 Å². The number of hydrogen-bond acceptors (Lipinski definition) is 4. The van der Waals surface area contributed by atoms with Crippen LogP contribution in [0.25, 0.3) is 0 Å². The number of amides is 1. The van der Waals surface area contributed by atoms with Crippen molar-refractivity contribution in [1.82, 2.24) is 9.21 Å². The maximum atomic E-state index is 13.0. The maximum absolute atomic E-state index is 13.0. The normalized spacial score (nSPS) is 14.0. The molecule has 0 fully saturated rings. The van der Waals surface area contributed by atoms with Gasteiger partial charge in [-0.25, -0.2) is 8.42 Å². The third kappa shape index (κ3) is 4.36. The second kappa shape index (κ2) is 8.75. The molecule has 0 N–H and O–H groups in total. The number of benzene rings is 2. The molecule has 1 aliphatic rings. The van der Waals surface area contributed by atoms with E-state index in [0.717, 1.165) is 12.0 Å². The molecule has 0 saturated carbocycles. The topological polar surface area (TPSA) is 66.9 Å². The van der Waals surface area contributed by atoms with Gasteiger partial charge in [-0.05, 0) is 48.7 Å². The van der Waals surface area contributed by atoms with Gasteiger partial charge in [-0.1, -0.05) is 31.2 Å². The Kier molecular flexibility index (Phi) is 6.36. The molecular weight excluding hydrogens is 376 g/mol. The lowest BCUT2D eigenvalue weighted by molar-refractivity contribution is -0.132. The zero-order valence-corrected chi connectivity index (χ0v) is 17.1. The first-order chi connectivity index (χ1) is 13.5. The number of ether oxygens (including phenoxy) is 1. The Morgan fingerprint density at radius 1 is 1.07 bits per heavy atom. The highest BCUT2D eigenvalue weighted by Crippen LogP contribution is 2.22. The number of carbonyl (C=O) groups excluding carboxylic acids is 1. The molecule has 0 spiro atoms. The standard InChI is InChI=1S/C21H26N2O4S/c1-3-23(28(25,26)20-11-9-19(10-12-20)27-4-2)16-21(24)22-14-13-17-7-5-6-8-18(17)15-22/h5-12H,3-4,13-16H2,1-2H3. The second-order valence-electron chi connectivity index (χ2n) is 6.67. The van der Waals surface area contributed by atoms with Crippen LogP contribution in [0.15, 0.2) is 53.4 Å². The van der Waals surface area contributed by atoms with E-state index in [0.29, 0.717) is 25.4 Å². The first-order valence-corrected chi connectivity index (χ1v) is 11.0. The van der Waals surface area contributed by atoms with Crippen molar-refractivity contribution in [2.24, 2.45) is 0 Å². The number of nitrogens with zero attached hydrogens (tertiary/aromatic N) is 2. The van der Waals surface area contributed by atoms with Gasteiger partial charge >= 0.3 is 0 Å². The summed E-state index contributed by atoms with van der Waals surface area (Å²) in [5, 5.41) is 0. The smallest absolute Gasteiger partial charge is 0.243 e. The van der Waals surface area contributed by atoms with Crippen LogP contribution in [0, 0.1) is 0 Å². The minimum atomic E-state index is -3.75. The molecule has 6 nitrogen and oxygen atoms in total. The van der Waals surface area contributed by atoms with Crippen LogP contribution in [0.3, 0.4) is 0 Å². The van der Waals surface area contributed by atoms with Crippen molar-refractivity contribution in [2.45, 2.75) is 31.7 Å². The number of fused-ring (bicyclic) bond motifs is 1. The molecule has 2 aromatic rings. The monoisotopic (exact) mass is 402 g/mol. The lowest BCUT2D eigenvalue weighted by Crippen LogP contribution is -2.44. The molecule has 1 aliphatic heterocycles. The van der Waals surface area contributed by atoms with Crippen molar-refractivity contribution in [3.05, 3.63) is 59.7 Å². The Hall–Kier alpha value is -2.38. The summed E-state index contributed by atoms with van der Waals surface area (Å²) in [6.07, 6.45) is 0.791. The summed E-state index contributed by atoms with van der Waals surface area (Å²) in [6, 6.07) is 14.4. The number of hydrogen-bond donors (Lipinski definition) is 0. The Bertz CT molecular complexity index is 926. The zero-order chi connectivity index (χ0) is 20.1. The summed E-state index contributed by atoms with van der Waals surface area (Å²) in [5.74, 6) is 0.443. The molecule has 0 atom stereocenters. The average molecular weight is 403 g/mol. The molecule has 0 unspecified atom stereocenters. The van der Waals surface area contributed by atoms with E-state index in [1.807, 2.05) is 25.1 Å². The van der Waals surface area contributed by atoms with Crippen molar-refractivity contribution >= 4 is 15.9 Å². The van der Waals surface area contributed by atoms with Crippen LogP contribution >= 0.6 is 0 Å². The summed E-state index contributed by atoms with van der Waals surface area (Å²) < 4.78 is 32.5. The minimum absolute atomic E-state index is 0.159. The van der Waals surface area contributed by atoms with Crippen molar-refractivity contribution in [1.29, 1.82) is 0 Å². The van der Waals surface area contributed by atoms with E-state index >= 15 is 0 Å². The van der Waals surface area contributed by atoms with Crippen molar-refractivity contribution in [2.75, 3.05) is 26.2 Å². The largest absolute Gasteiger partial charge is 0.494 e. The molecule has 7 heteroatoms. The predicted octanol–water partition coefficient (Wildman–Crippen LogP) is 2.68. The van der Waals surface area contributed by atoms with Crippen molar-refractivity contribution in [3.63, 3.8) is 0 Å². The second-order valence-corrected chi connectivity index (χ2v) is 8.61. The van der Waals surface area contributed by atoms with Crippen LogP contribution in [-0.2, 0) is 27.8 Å². The summed E-state index contributed by atoms with van der Waals surface area (Å²) in [6.45, 7) is 5.33. The third-order valence-corrected chi connectivity index (χ3v) is 6.86. The minimum Gasteiger partial charge on any atom is -0.494 e. The van der Waals surface area contributed by atoms with Gasteiger partial charge in [0.05, 0.1) is 18.0 Å². The highest BCUT2D eigenvalue weighted by molar-refractivity contribution is 7.89. The molecule has 1 heterocycles. The van der Waals surface area contributed by atoms with Gasteiger partial charge < -0.3 is 9.64 Å². The highest BCUT2D eigenvalue weighted by atomic mass is 32.2. The van der Waals surface area contributed by atoms with Gasteiger partial charge in [-0.15, -0.1) is 0 Å². The Morgan fingerprint density at radius 3 is 2.39 bits per heavy atom. The fraction of sp³-hybridized carbons (Fsp3) is 0.381.